The summed E-state index contributed by atoms with van der Waals surface area (Å²) in [5.74, 6) is 0.600. The Bertz CT molecular complexity index is 1070. The highest BCUT2D eigenvalue weighted by Crippen LogP contribution is 2.32. The number of rotatable bonds is 4. The number of ether oxygens (including phenoxy) is 1. The molecule has 1 N–H and O–H groups in total. The van der Waals surface area contributed by atoms with Gasteiger partial charge in [0.15, 0.2) is 5.78 Å². The second kappa shape index (κ2) is 8.79. The number of carbonyl (C=O) groups excluding carboxylic acids is 2. The van der Waals surface area contributed by atoms with Crippen molar-refractivity contribution in [1.29, 1.82) is 0 Å². The van der Waals surface area contributed by atoms with Crippen LogP contribution in [0, 0.1) is 0 Å². The van der Waals surface area contributed by atoms with Crippen molar-refractivity contribution in [3.8, 4) is 5.75 Å². The number of nitrogens with one attached hydrogen (secondary N) is 1. The van der Waals surface area contributed by atoms with Crippen LogP contribution in [0.1, 0.15) is 45.7 Å². The number of nitrogens with zero attached hydrogens (tertiary/aromatic N) is 2. The number of amides is 1. The van der Waals surface area contributed by atoms with Crippen molar-refractivity contribution < 1.29 is 14.3 Å². The van der Waals surface area contributed by atoms with Crippen molar-refractivity contribution in [3.63, 3.8) is 0 Å². The molecule has 1 amide bonds. The van der Waals surface area contributed by atoms with Crippen LogP contribution in [0.4, 0.5) is 0 Å². The van der Waals surface area contributed by atoms with Crippen LogP contribution < -0.4 is 10.1 Å². The predicted molar refractivity (Wildman–Crippen MR) is 126 cm³/mol. The number of methoxy groups -OCH3 is 1. The van der Waals surface area contributed by atoms with E-state index >= 15 is 0 Å². The van der Waals surface area contributed by atoms with Gasteiger partial charge in [-0.1, -0.05) is 18.2 Å². The maximum atomic E-state index is 13.2. The lowest BCUT2D eigenvalue weighted by molar-refractivity contribution is 0.0664. The number of hydrogen-bond acceptors (Lipinski definition) is 5. The van der Waals surface area contributed by atoms with Gasteiger partial charge in [-0.3, -0.25) is 9.59 Å². The number of piperazine rings is 1. The number of fused-ring (bicyclic) bond motifs is 1. The van der Waals surface area contributed by atoms with E-state index in [0.29, 0.717) is 24.2 Å². The minimum Gasteiger partial charge on any atom is -0.497 e. The normalized spacial score (nSPS) is 19.2. The SMILES string of the molecule is COc1ccc2c(c1)/C(=C/C(=O)c1cccc(C(=O)N3CCN(C)CC3)c1)NC(C)(C)C2. The lowest BCUT2D eigenvalue weighted by Gasteiger charge is -2.35. The number of hydrogen-bond donors (Lipinski definition) is 1. The molecule has 0 aromatic heterocycles. The molecule has 2 heterocycles. The highest BCUT2D eigenvalue weighted by atomic mass is 16.5. The third kappa shape index (κ3) is 4.70. The van der Waals surface area contributed by atoms with Gasteiger partial charge in [-0.25, -0.2) is 0 Å². The third-order valence-electron chi connectivity index (χ3n) is 6.17. The minimum atomic E-state index is -0.174. The molecule has 0 aliphatic carbocycles. The molecule has 0 radical (unpaired) electrons. The molecule has 4 rings (SSSR count). The topological polar surface area (TPSA) is 61.9 Å². The summed E-state index contributed by atoms with van der Waals surface area (Å²) in [6, 6.07) is 13.0. The summed E-state index contributed by atoms with van der Waals surface area (Å²) in [4.78, 5) is 30.2. The highest BCUT2D eigenvalue weighted by molar-refractivity contribution is 6.10. The van der Waals surface area contributed by atoms with Crippen LogP contribution in [-0.2, 0) is 6.42 Å². The Kier molecular flexibility index (Phi) is 6.07. The largest absolute Gasteiger partial charge is 0.497 e. The zero-order valence-electron chi connectivity index (χ0n) is 19.3. The smallest absolute Gasteiger partial charge is 0.253 e. The van der Waals surface area contributed by atoms with Gasteiger partial charge in [0.1, 0.15) is 5.75 Å². The van der Waals surface area contributed by atoms with E-state index in [0.717, 1.165) is 36.5 Å². The highest BCUT2D eigenvalue weighted by Gasteiger charge is 2.28. The van der Waals surface area contributed by atoms with E-state index in [-0.39, 0.29) is 17.2 Å². The van der Waals surface area contributed by atoms with E-state index in [1.54, 1.807) is 37.5 Å². The molecular formula is C26H31N3O3. The quantitative estimate of drug-likeness (QED) is 0.593. The number of allylic oxidation sites excluding steroid dienone is 1. The second-order valence-electron chi connectivity index (χ2n) is 9.31. The molecule has 32 heavy (non-hydrogen) atoms. The Morgan fingerprint density at radius 3 is 2.47 bits per heavy atom. The van der Waals surface area contributed by atoms with Crippen LogP contribution in [0.5, 0.6) is 5.75 Å². The van der Waals surface area contributed by atoms with Crippen LogP contribution in [0.2, 0.25) is 0 Å². The third-order valence-corrected chi connectivity index (χ3v) is 6.17. The molecule has 168 valence electrons. The minimum absolute atomic E-state index is 0.0209. The molecule has 0 saturated carbocycles. The first kappa shape index (κ1) is 22.1. The molecule has 2 aromatic carbocycles. The summed E-state index contributed by atoms with van der Waals surface area (Å²) >= 11 is 0. The zero-order valence-corrected chi connectivity index (χ0v) is 19.3. The molecule has 2 aromatic rings. The maximum Gasteiger partial charge on any atom is 0.253 e. The van der Waals surface area contributed by atoms with Crippen molar-refractivity contribution in [2.45, 2.75) is 25.8 Å². The fourth-order valence-corrected chi connectivity index (χ4v) is 4.37. The van der Waals surface area contributed by atoms with Crippen LogP contribution >= 0.6 is 0 Å². The maximum absolute atomic E-state index is 13.2. The van der Waals surface area contributed by atoms with Crippen LogP contribution in [0.3, 0.4) is 0 Å². The first-order valence-electron chi connectivity index (χ1n) is 11.1. The molecule has 1 fully saturated rings. The number of likely N-dealkylation sites (N-methyl/N-ethyl adjacent to an activating group) is 1. The number of carbonyl (C=O) groups is 2. The average Bonchev–Trinajstić information content (AvgIpc) is 2.78. The average molecular weight is 434 g/mol. The van der Waals surface area contributed by atoms with Gasteiger partial charge >= 0.3 is 0 Å². The van der Waals surface area contributed by atoms with Gasteiger partial charge in [-0.2, -0.15) is 0 Å². The van der Waals surface area contributed by atoms with Crippen molar-refractivity contribution >= 4 is 17.4 Å². The Morgan fingerprint density at radius 2 is 1.75 bits per heavy atom. The summed E-state index contributed by atoms with van der Waals surface area (Å²) in [5, 5.41) is 3.50. The number of benzene rings is 2. The molecule has 6 nitrogen and oxygen atoms in total. The summed E-state index contributed by atoms with van der Waals surface area (Å²) in [5.41, 5.74) is 3.81. The van der Waals surface area contributed by atoms with Gasteiger partial charge in [-0.15, -0.1) is 0 Å². The monoisotopic (exact) mass is 433 g/mol. The van der Waals surface area contributed by atoms with Gasteiger partial charge in [-0.05, 0) is 57.1 Å². The number of ketones is 1. The first-order chi connectivity index (χ1) is 15.3. The standard InChI is InChI=1S/C26H31N3O3/c1-26(2)17-20-8-9-21(32-4)15-22(20)23(27-26)16-24(30)18-6-5-7-19(14-18)25(31)29-12-10-28(3)11-13-29/h5-9,14-16,27H,10-13,17H2,1-4H3/b23-16-. The Labute approximate surface area is 189 Å². The fourth-order valence-electron chi connectivity index (χ4n) is 4.37. The lowest BCUT2D eigenvalue weighted by Crippen LogP contribution is -2.47. The van der Waals surface area contributed by atoms with Gasteiger partial charge in [0.2, 0.25) is 0 Å². The molecular weight excluding hydrogens is 402 g/mol. The van der Waals surface area contributed by atoms with Crippen LogP contribution in [0.25, 0.3) is 5.70 Å². The van der Waals surface area contributed by atoms with Crippen molar-refractivity contribution in [1.82, 2.24) is 15.1 Å². The van der Waals surface area contributed by atoms with Gasteiger partial charge < -0.3 is 19.9 Å². The van der Waals surface area contributed by atoms with Crippen LogP contribution in [0.15, 0.2) is 48.5 Å². The first-order valence-corrected chi connectivity index (χ1v) is 11.1. The van der Waals surface area contributed by atoms with E-state index in [1.807, 2.05) is 17.0 Å². The van der Waals surface area contributed by atoms with Crippen molar-refractivity contribution in [2.24, 2.45) is 0 Å². The van der Waals surface area contributed by atoms with Crippen LogP contribution in [-0.4, -0.2) is 67.4 Å². The molecule has 2 aliphatic heterocycles. The molecule has 0 atom stereocenters. The van der Waals surface area contributed by atoms with E-state index < -0.39 is 0 Å². The zero-order chi connectivity index (χ0) is 22.9. The fraction of sp³-hybridized carbons (Fsp3) is 0.385. The van der Waals surface area contributed by atoms with E-state index in [9.17, 15) is 9.59 Å². The summed E-state index contributed by atoms with van der Waals surface area (Å²) in [6.07, 6.45) is 2.49. The summed E-state index contributed by atoms with van der Waals surface area (Å²) < 4.78 is 5.39. The summed E-state index contributed by atoms with van der Waals surface area (Å²) in [7, 11) is 3.70. The van der Waals surface area contributed by atoms with E-state index in [1.165, 1.54) is 5.56 Å². The lowest BCUT2D eigenvalue weighted by atomic mass is 9.85. The Morgan fingerprint density at radius 1 is 1.03 bits per heavy atom. The Hall–Kier alpha value is -3.12. The summed E-state index contributed by atoms with van der Waals surface area (Å²) in [6.45, 7) is 7.37. The molecule has 0 spiro atoms. The Balaban J connectivity index is 1.61. The predicted octanol–water partition coefficient (Wildman–Crippen LogP) is 3.23. The van der Waals surface area contributed by atoms with E-state index in [2.05, 4.69) is 37.2 Å². The second-order valence-corrected chi connectivity index (χ2v) is 9.31. The molecule has 0 unspecified atom stereocenters. The van der Waals surface area contributed by atoms with E-state index in [4.69, 9.17) is 4.74 Å². The van der Waals surface area contributed by atoms with Gasteiger partial charge in [0, 0.05) is 60.2 Å². The molecule has 2 aliphatic rings. The van der Waals surface area contributed by atoms with Crippen molar-refractivity contribution in [3.05, 3.63) is 70.8 Å². The van der Waals surface area contributed by atoms with Crippen molar-refractivity contribution in [2.75, 3.05) is 40.3 Å². The molecule has 0 bridgehead atoms. The molecule has 1 saturated heterocycles. The van der Waals surface area contributed by atoms with Gasteiger partial charge in [0.25, 0.3) is 5.91 Å². The molecule has 6 heteroatoms. The van der Waals surface area contributed by atoms with Gasteiger partial charge in [0.05, 0.1) is 7.11 Å².